The summed E-state index contributed by atoms with van der Waals surface area (Å²) in [5, 5.41) is 3.31. The monoisotopic (exact) mass is 270 g/mol. The number of nitrogens with one attached hydrogen (secondary N) is 1. The van der Waals surface area contributed by atoms with Crippen LogP contribution >= 0.6 is 0 Å². The van der Waals surface area contributed by atoms with Crippen LogP contribution in [-0.2, 0) is 4.79 Å². The quantitative estimate of drug-likeness (QED) is 0.612. The van der Waals surface area contributed by atoms with Gasteiger partial charge in [-0.15, -0.1) is 0 Å². The number of nitrogens with two attached hydrogens (primary N) is 1. The SMILES string of the molecule is CCC(CN)NC(C(C)=O)=C(N(C)CC)N(C)CC. The molecule has 0 fully saturated rings. The van der Waals surface area contributed by atoms with E-state index in [9.17, 15) is 4.79 Å². The molecule has 0 aromatic rings. The molecule has 19 heavy (non-hydrogen) atoms. The minimum absolute atomic E-state index is 0.0440. The first-order valence-electron chi connectivity index (χ1n) is 7.06. The van der Waals surface area contributed by atoms with Crippen molar-refractivity contribution in [1.82, 2.24) is 15.1 Å². The van der Waals surface area contributed by atoms with Gasteiger partial charge in [0.15, 0.2) is 5.78 Å². The molecule has 0 radical (unpaired) electrons. The lowest BCUT2D eigenvalue weighted by Crippen LogP contribution is -2.42. The van der Waals surface area contributed by atoms with Crippen molar-refractivity contribution < 1.29 is 4.79 Å². The van der Waals surface area contributed by atoms with Crippen molar-refractivity contribution >= 4 is 5.78 Å². The average Bonchev–Trinajstić information content (AvgIpc) is 2.41. The van der Waals surface area contributed by atoms with Gasteiger partial charge in [-0.05, 0) is 20.3 Å². The van der Waals surface area contributed by atoms with E-state index in [1.54, 1.807) is 6.92 Å². The summed E-state index contributed by atoms with van der Waals surface area (Å²) in [6.07, 6.45) is 0.895. The summed E-state index contributed by atoms with van der Waals surface area (Å²) < 4.78 is 0. The normalized spacial score (nSPS) is 11.7. The first-order valence-corrected chi connectivity index (χ1v) is 7.06. The molecule has 5 heteroatoms. The Hall–Kier alpha value is -1.23. The van der Waals surface area contributed by atoms with Crippen molar-refractivity contribution in [3.8, 4) is 0 Å². The number of hydrogen-bond donors (Lipinski definition) is 2. The van der Waals surface area contributed by atoms with Crippen LogP contribution in [0.15, 0.2) is 11.5 Å². The molecular weight excluding hydrogens is 240 g/mol. The Labute approximate surface area is 117 Å². The van der Waals surface area contributed by atoms with Crippen molar-refractivity contribution in [2.45, 2.75) is 40.2 Å². The zero-order valence-corrected chi connectivity index (χ0v) is 13.3. The summed E-state index contributed by atoms with van der Waals surface area (Å²) in [5.41, 5.74) is 6.38. The molecule has 0 aliphatic carbocycles. The van der Waals surface area contributed by atoms with Crippen molar-refractivity contribution in [2.75, 3.05) is 33.7 Å². The van der Waals surface area contributed by atoms with E-state index in [1.165, 1.54) is 0 Å². The summed E-state index contributed by atoms with van der Waals surface area (Å²) >= 11 is 0. The fraction of sp³-hybridized carbons (Fsp3) is 0.786. The lowest BCUT2D eigenvalue weighted by atomic mass is 10.2. The molecule has 0 heterocycles. The maximum atomic E-state index is 12.0. The average molecular weight is 270 g/mol. The predicted octanol–water partition coefficient (Wildman–Crippen LogP) is 0.975. The van der Waals surface area contributed by atoms with Gasteiger partial charge < -0.3 is 20.9 Å². The highest BCUT2D eigenvalue weighted by Crippen LogP contribution is 2.13. The Kier molecular flexibility index (Phi) is 8.23. The molecule has 1 unspecified atom stereocenters. The van der Waals surface area contributed by atoms with Gasteiger partial charge in [0.2, 0.25) is 0 Å². The van der Waals surface area contributed by atoms with Crippen LogP contribution in [0, 0.1) is 0 Å². The maximum Gasteiger partial charge on any atom is 0.179 e. The standard InChI is InChI=1S/C14H30N4O/c1-7-12(10-15)16-13(11(4)19)14(17(5)8-2)18(6)9-3/h12,16H,7-10,15H2,1-6H3. The van der Waals surface area contributed by atoms with Gasteiger partial charge in [0.25, 0.3) is 0 Å². The van der Waals surface area contributed by atoms with Crippen LogP contribution in [0.2, 0.25) is 0 Å². The molecule has 0 aliphatic heterocycles. The second-order valence-electron chi connectivity index (χ2n) is 4.77. The Balaban J connectivity index is 5.53. The molecule has 5 nitrogen and oxygen atoms in total. The van der Waals surface area contributed by atoms with Gasteiger partial charge in [0.05, 0.1) is 0 Å². The molecule has 0 bridgehead atoms. The Morgan fingerprint density at radius 1 is 1.16 bits per heavy atom. The third-order valence-corrected chi connectivity index (χ3v) is 3.37. The third-order valence-electron chi connectivity index (χ3n) is 3.37. The van der Waals surface area contributed by atoms with E-state index < -0.39 is 0 Å². The zero-order chi connectivity index (χ0) is 15.0. The fourth-order valence-electron chi connectivity index (χ4n) is 1.83. The summed E-state index contributed by atoms with van der Waals surface area (Å²) in [6, 6.07) is 0.129. The van der Waals surface area contributed by atoms with E-state index >= 15 is 0 Å². The number of allylic oxidation sites excluding steroid dienone is 1. The summed E-state index contributed by atoms with van der Waals surface area (Å²) in [4.78, 5) is 16.1. The Morgan fingerprint density at radius 2 is 1.63 bits per heavy atom. The number of hydrogen-bond acceptors (Lipinski definition) is 5. The van der Waals surface area contributed by atoms with Gasteiger partial charge >= 0.3 is 0 Å². The number of ketones is 1. The van der Waals surface area contributed by atoms with E-state index in [0.29, 0.717) is 12.2 Å². The summed E-state index contributed by atoms with van der Waals surface area (Å²) in [7, 11) is 3.99. The fourth-order valence-corrected chi connectivity index (χ4v) is 1.83. The van der Waals surface area contributed by atoms with Gasteiger partial charge in [0.1, 0.15) is 11.5 Å². The van der Waals surface area contributed by atoms with E-state index in [4.69, 9.17) is 5.73 Å². The van der Waals surface area contributed by atoms with E-state index in [1.807, 2.05) is 14.1 Å². The van der Waals surface area contributed by atoms with Crippen LogP contribution in [0.1, 0.15) is 34.1 Å². The maximum absolute atomic E-state index is 12.0. The molecule has 0 aromatic heterocycles. The minimum Gasteiger partial charge on any atom is -0.375 e. The highest BCUT2D eigenvalue weighted by atomic mass is 16.1. The van der Waals surface area contributed by atoms with E-state index in [0.717, 1.165) is 25.3 Å². The first kappa shape index (κ1) is 17.8. The van der Waals surface area contributed by atoms with E-state index in [2.05, 4.69) is 35.9 Å². The molecule has 0 aromatic carbocycles. The lowest BCUT2D eigenvalue weighted by molar-refractivity contribution is -0.114. The van der Waals surface area contributed by atoms with Crippen LogP contribution in [0.25, 0.3) is 0 Å². The number of Topliss-reactive ketones (excluding diaryl/α,β-unsaturated/α-hetero) is 1. The van der Waals surface area contributed by atoms with Crippen molar-refractivity contribution in [2.24, 2.45) is 5.73 Å². The largest absolute Gasteiger partial charge is 0.375 e. The van der Waals surface area contributed by atoms with Gasteiger partial charge in [-0.25, -0.2) is 0 Å². The number of carbonyl (C=O) groups is 1. The van der Waals surface area contributed by atoms with Crippen molar-refractivity contribution in [1.29, 1.82) is 0 Å². The van der Waals surface area contributed by atoms with Crippen LogP contribution in [0.5, 0.6) is 0 Å². The van der Waals surface area contributed by atoms with Crippen LogP contribution in [0.3, 0.4) is 0 Å². The van der Waals surface area contributed by atoms with Gasteiger partial charge in [0, 0.05) is 46.7 Å². The molecule has 112 valence electrons. The molecule has 0 spiro atoms. The van der Waals surface area contributed by atoms with Crippen molar-refractivity contribution in [3.63, 3.8) is 0 Å². The molecule has 0 saturated carbocycles. The van der Waals surface area contributed by atoms with E-state index in [-0.39, 0.29) is 11.8 Å². The molecule has 0 aliphatic rings. The summed E-state index contributed by atoms with van der Waals surface area (Å²) in [5.74, 6) is 0.979. The summed E-state index contributed by atoms with van der Waals surface area (Å²) in [6.45, 7) is 10.0. The van der Waals surface area contributed by atoms with Crippen LogP contribution < -0.4 is 11.1 Å². The van der Waals surface area contributed by atoms with Gasteiger partial charge in [-0.1, -0.05) is 6.92 Å². The lowest BCUT2D eigenvalue weighted by Gasteiger charge is -2.32. The van der Waals surface area contributed by atoms with Gasteiger partial charge in [-0.2, -0.15) is 0 Å². The molecule has 3 N–H and O–H groups in total. The molecule has 1 atom stereocenters. The number of rotatable bonds is 9. The Morgan fingerprint density at radius 3 is 1.89 bits per heavy atom. The number of carbonyl (C=O) groups excluding carboxylic acids is 1. The van der Waals surface area contributed by atoms with Crippen LogP contribution in [-0.4, -0.2) is 55.4 Å². The molecular formula is C14H30N4O. The first-order chi connectivity index (χ1) is 8.92. The predicted molar refractivity (Wildman–Crippen MR) is 80.6 cm³/mol. The molecule has 0 amide bonds. The van der Waals surface area contributed by atoms with Crippen LogP contribution in [0.4, 0.5) is 0 Å². The van der Waals surface area contributed by atoms with Gasteiger partial charge in [-0.3, -0.25) is 4.79 Å². The second kappa shape index (κ2) is 8.80. The zero-order valence-electron chi connectivity index (χ0n) is 13.3. The third kappa shape index (κ3) is 5.11. The van der Waals surface area contributed by atoms with Crippen molar-refractivity contribution in [3.05, 3.63) is 11.5 Å². The topological polar surface area (TPSA) is 61.6 Å². The minimum atomic E-state index is 0.0440. The smallest absolute Gasteiger partial charge is 0.179 e. The highest BCUT2D eigenvalue weighted by molar-refractivity contribution is 5.93. The number of nitrogens with zero attached hydrogens (tertiary/aromatic N) is 2. The highest BCUT2D eigenvalue weighted by Gasteiger charge is 2.20. The molecule has 0 saturated heterocycles. The second-order valence-corrected chi connectivity index (χ2v) is 4.77. The molecule has 0 rings (SSSR count). The Bertz CT molecular complexity index is 299.